The number of thiazole rings is 1. The molecule has 1 atom stereocenters. The Morgan fingerprint density at radius 1 is 0.756 bits per heavy atom. The first-order valence-corrected chi connectivity index (χ1v) is 31.0. The predicted molar refractivity (Wildman–Crippen MR) is 330 cm³/mol. The number of carbonyl (C=O) groups is 4. The van der Waals surface area contributed by atoms with Crippen LogP contribution in [0.15, 0.2) is 103 Å². The van der Waals surface area contributed by atoms with Crippen molar-refractivity contribution in [3.05, 3.63) is 137 Å². The first kappa shape index (κ1) is 67.5. The molecule has 19 nitrogen and oxygen atoms in total. The summed E-state index contributed by atoms with van der Waals surface area (Å²) in [5.74, 6) is 1.36. The van der Waals surface area contributed by atoms with Gasteiger partial charge in [0.2, 0.25) is 5.91 Å². The smallest absolute Gasteiger partial charge is 0.251 e. The fraction of sp³-hybridized carbons (Fsp3) is 0.492. The Kier molecular flexibility index (Phi) is 27.1. The van der Waals surface area contributed by atoms with Gasteiger partial charge in [0.25, 0.3) is 5.91 Å². The molecule has 86 heavy (non-hydrogen) atoms. The summed E-state index contributed by atoms with van der Waals surface area (Å²) in [6, 6.07) is 27.1. The van der Waals surface area contributed by atoms with Gasteiger partial charge in [0.05, 0.1) is 54.7 Å². The van der Waals surface area contributed by atoms with Crippen LogP contribution in [0.3, 0.4) is 0 Å². The molecule has 8 rings (SSSR count). The van der Waals surface area contributed by atoms with E-state index in [9.17, 15) is 19.2 Å². The topological polar surface area (TPSA) is 227 Å². The monoisotopic (exact) mass is 1360 g/mol. The molecule has 3 aromatic carbocycles. The number of rotatable bonds is 33. The number of H-pyrrole nitrogens is 1. The van der Waals surface area contributed by atoms with Crippen LogP contribution in [0.25, 0.3) is 21.8 Å². The molecule has 1 radical (unpaired) electrons. The fourth-order valence-electron chi connectivity index (χ4n) is 10.4. The maximum atomic E-state index is 13.9. The predicted octanol–water partition coefficient (Wildman–Crippen LogP) is 9.81. The molecular weight excluding hydrogens is 1270 g/mol. The van der Waals surface area contributed by atoms with Crippen LogP contribution in [0, 0.1) is 55.3 Å². The number of hydrogen-bond acceptors (Lipinski definition) is 15. The van der Waals surface area contributed by atoms with E-state index in [0.29, 0.717) is 96.2 Å². The zero-order chi connectivity index (χ0) is 59.9. The van der Waals surface area contributed by atoms with Gasteiger partial charge in [0.15, 0.2) is 17.6 Å². The Labute approximate surface area is 540 Å². The number of amides is 4. The number of anilines is 1. The quantitative estimate of drug-likeness (QED) is 0.0191. The molecule has 0 aliphatic carbocycles. The van der Waals surface area contributed by atoms with Gasteiger partial charge in [0, 0.05) is 118 Å². The molecule has 4 amide bonds. The molecule has 2 aliphatic rings. The average Bonchev–Trinajstić information content (AvgIpc) is 1.82. The minimum absolute atomic E-state index is 0. The molecule has 0 bridgehead atoms. The van der Waals surface area contributed by atoms with Gasteiger partial charge in [0.1, 0.15) is 17.7 Å². The molecule has 0 unspecified atom stereocenters. The van der Waals surface area contributed by atoms with Gasteiger partial charge in [-0.15, -0.1) is 16.8 Å². The molecule has 2 saturated heterocycles. The van der Waals surface area contributed by atoms with Crippen molar-refractivity contribution in [1.82, 2.24) is 50.9 Å². The summed E-state index contributed by atoms with van der Waals surface area (Å²) in [4.78, 5) is 72.2. The summed E-state index contributed by atoms with van der Waals surface area (Å²) in [6.07, 6.45) is 13.0. The van der Waals surface area contributed by atoms with Crippen LogP contribution in [-0.2, 0) is 47.2 Å². The third-order valence-corrected chi connectivity index (χ3v) is 16.4. The minimum Gasteiger partial charge on any atom is -0.494 e. The van der Waals surface area contributed by atoms with Crippen molar-refractivity contribution in [2.24, 2.45) is 5.41 Å². The second-order valence-corrected chi connectivity index (χ2v) is 23.9. The maximum Gasteiger partial charge on any atom is 0.251 e. The van der Waals surface area contributed by atoms with Crippen LogP contribution < -0.4 is 26.0 Å². The standard InChI is InChI=1S/C65H86N11O8S.Lu/c1-47-57(85-46-69-47)50-23-19-48(20-24-50)45-68-61(79)55-17-14-33-76(55)62(80)58(64(2,3)4)70-56(77)18-9-8-11-37-82-40-42-83-41-39-81-36-10-6-7-12-38-84-54-25-21-49(22-26-54)44-67-60(78)52-15-13-16-53(43-52)72-65(29-34-75(5)35-30-65)63-71-59(73-74-63)51-27-31-66-32-28-51;/h13,15-16,19-28,31-32,43,46,55,72H,6-12,14,17-18,29-30,33-42,44-45H2,1-5H3,(H,67,78)(H,68,79)(H,70,77)(H,71,73,74);/q-1;/t55-;/m0./s1. The Balaban J connectivity index is 0.0000106. The number of carbonyl (C=O) groups excluding carboxylic acids is 4. The number of nitrogens with zero attached hydrogens (tertiary/aromatic N) is 6. The van der Waals surface area contributed by atoms with Crippen molar-refractivity contribution in [2.45, 2.75) is 129 Å². The molecule has 6 aromatic rings. The summed E-state index contributed by atoms with van der Waals surface area (Å²) in [6.45, 7) is 14.6. The summed E-state index contributed by atoms with van der Waals surface area (Å²) < 4.78 is 23.2. The SMILES string of the molecule is Cc1ncsc1-c1ccc(CNC(=O)[C@@H]2CCCN2C(=O)[C-](NC(=O)CCCCCOCCOCCOCCCCCCOc2ccc(CNC(=O)c3cccc(NC4(c5nc(-c6ccncc6)n[nH]5)CCN(C)CC4)c3)cc2)C(C)(C)C)cc1.[Lu]. The second kappa shape index (κ2) is 34.5. The van der Waals surface area contributed by atoms with E-state index in [1.807, 2.05) is 118 Å². The Morgan fingerprint density at radius 3 is 2.06 bits per heavy atom. The van der Waals surface area contributed by atoms with Gasteiger partial charge < -0.3 is 54.8 Å². The van der Waals surface area contributed by atoms with Crippen LogP contribution in [0.2, 0.25) is 0 Å². The third kappa shape index (κ3) is 20.6. The number of piperidine rings is 1. The number of unbranched alkanes of at least 4 members (excludes halogenated alkanes) is 5. The zero-order valence-electron chi connectivity index (χ0n) is 50.5. The van der Waals surface area contributed by atoms with E-state index in [-0.39, 0.29) is 66.9 Å². The van der Waals surface area contributed by atoms with E-state index in [2.05, 4.69) is 53.4 Å². The number of aromatic nitrogens is 5. The third-order valence-electron chi connectivity index (χ3n) is 15.5. The number of hydrogen-bond donors (Lipinski definition) is 5. The number of pyridine rings is 1. The van der Waals surface area contributed by atoms with E-state index < -0.39 is 17.0 Å². The van der Waals surface area contributed by atoms with Crippen LogP contribution in [0.4, 0.5) is 5.69 Å². The van der Waals surface area contributed by atoms with E-state index >= 15 is 0 Å². The van der Waals surface area contributed by atoms with Gasteiger partial charge >= 0.3 is 0 Å². The Bertz CT molecular complexity index is 3020. The number of aryl methyl sites for hydroxylation is 1. The second-order valence-electron chi connectivity index (χ2n) is 23.1. The molecule has 5 N–H and O–H groups in total. The molecule has 471 valence electrons. The van der Waals surface area contributed by atoms with E-state index in [1.54, 1.807) is 28.6 Å². The molecule has 3 aromatic heterocycles. The van der Waals surface area contributed by atoms with E-state index in [1.165, 1.54) is 0 Å². The first-order valence-electron chi connectivity index (χ1n) is 30.1. The molecule has 0 spiro atoms. The number of likely N-dealkylation sites (tertiary alicyclic amines) is 2. The average molecular weight is 1360 g/mol. The van der Waals surface area contributed by atoms with Crippen LogP contribution in [0.1, 0.15) is 131 Å². The van der Waals surface area contributed by atoms with E-state index in [0.717, 1.165) is 121 Å². The number of nitrogens with one attached hydrogen (secondary N) is 5. The molecular formula is C65H86LuN11O8S-. The number of aromatic amines is 1. The van der Waals surface area contributed by atoms with Crippen molar-refractivity contribution in [3.63, 3.8) is 0 Å². The zero-order valence-corrected chi connectivity index (χ0v) is 53.0. The van der Waals surface area contributed by atoms with E-state index in [4.69, 9.17) is 23.9 Å². The summed E-state index contributed by atoms with van der Waals surface area (Å²) >= 11 is 1.60. The van der Waals surface area contributed by atoms with Crippen molar-refractivity contribution < 1.29 is 75.0 Å². The van der Waals surface area contributed by atoms with Crippen LogP contribution >= 0.6 is 11.3 Å². The van der Waals surface area contributed by atoms with Crippen molar-refractivity contribution >= 4 is 40.7 Å². The number of ether oxygens (including phenoxy) is 4. The molecule has 2 aliphatic heterocycles. The summed E-state index contributed by atoms with van der Waals surface area (Å²) in [5, 5.41) is 20.5. The maximum absolute atomic E-state index is 13.9. The van der Waals surface area contributed by atoms with Crippen molar-refractivity contribution in [2.75, 3.05) is 78.2 Å². The van der Waals surface area contributed by atoms with Gasteiger partial charge in [-0.3, -0.25) is 24.5 Å². The summed E-state index contributed by atoms with van der Waals surface area (Å²) in [7, 11) is 2.12. The first-order chi connectivity index (χ1) is 41.2. The Hall–Kier alpha value is -6.00. The minimum atomic E-state index is -0.623. The molecule has 2 fully saturated rings. The van der Waals surface area contributed by atoms with Crippen molar-refractivity contribution in [1.29, 1.82) is 0 Å². The van der Waals surface area contributed by atoms with Gasteiger partial charge in [-0.05, 0) is 131 Å². The largest absolute Gasteiger partial charge is 0.494 e. The van der Waals surface area contributed by atoms with Gasteiger partial charge in [-0.25, -0.2) is 9.97 Å². The fourth-order valence-corrected chi connectivity index (χ4v) is 11.2. The van der Waals surface area contributed by atoms with Crippen molar-refractivity contribution in [3.8, 4) is 27.6 Å². The molecule has 5 heterocycles. The van der Waals surface area contributed by atoms with Crippen LogP contribution in [0.5, 0.6) is 5.75 Å². The Morgan fingerprint density at radius 2 is 1.40 bits per heavy atom. The van der Waals surface area contributed by atoms with Gasteiger partial charge in [-0.1, -0.05) is 76.1 Å². The normalized spacial score (nSPS) is 14.9. The molecule has 0 saturated carbocycles. The number of benzene rings is 3. The van der Waals surface area contributed by atoms with Crippen LogP contribution in [-0.4, -0.2) is 138 Å². The summed E-state index contributed by atoms with van der Waals surface area (Å²) in [5.41, 5.74) is 7.10. The molecule has 21 heteroatoms. The van der Waals surface area contributed by atoms with Gasteiger partial charge in [-0.2, -0.15) is 11.1 Å².